The number of aryl methyl sites for hydroxylation is 2. The van der Waals surface area contributed by atoms with Crippen molar-refractivity contribution in [2.75, 3.05) is 18.4 Å². The number of pyridine rings is 1. The summed E-state index contributed by atoms with van der Waals surface area (Å²) in [6.07, 6.45) is 2.24. The third-order valence-electron chi connectivity index (χ3n) is 3.99. The average Bonchev–Trinajstić information content (AvgIpc) is 2.49. The van der Waals surface area contributed by atoms with Crippen LogP contribution in [0.15, 0.2) is 17.1 Å². The van der Waals surface area contributed by atoms with Crippen LogP contribution in [0.1, 0.15) is 25.8 Å². The zero-order valence-corrected chi connectivity index (χ0v) is 14.0. The smallest absolute Gasteiger partial charge is 0.322 e. The monoisotopic (exact) mass is 320 g/mol. The van der Waals surface area contributed by atoms with Crippen molar-refractivity contribution in [2.24, 2.45) is 13.0 Å². The highest BCUT2D eigenvalue weighted by Crippen LogP contribution is 2.16. The minimum absolute atomic E-state index is 0.141. The quantitative estimate of drug-likeness (QED) is 0.874. The molecule has 0 aliphatic carbocycles. The van der Waals surface area contributed by atoms with E-state index in [-0.39, 0.29) is 23.1 Å². The molecule has 1 aliphatic rings. The number of carbonyl (C=O) groups excluding carboxylic acids is 2. The summed E-state index contributed by atoms with van der Waals surface area (Å²) in [5.41, 5.74) is 0.692. The van der Waals surface area contributed by atoms with E-state index in [1.807, 2.05) is 13.8 Å². The molecule has 0 radical (unpaired) electrons. The van der Waals surface area contributed by atoms with Gasteiger partial charge in [0.1, 0.15) is 11.7 Å². The van der Waals surface area contributed by atoms with Gasteiger partial charge in [-0.2, -0.15) is 0 Å². The number of hydrogen-bond donors (Lipinski definition) is 2. The SMILES string of the molecule is Cc1ccn(C)c(=O)c1NC(=O)N1CCNC(=O)C1CC(C)C. The van der Waals surface area contributed by atoms with Gasteiger partial charge in [0.2, 0.25) is 5.91 Å². The second kappa shape index (κ2) is 6.85. The fraction of sp³-hybridized carbons (Fsp3) is 0.562. The first kappa shape index (κ1) is 17.1. The van der Waals surface area contributed by atoms with Gasteiger partial charge in [-0.05, 0) is 30.9 Å². The fourth-order valence-electron chi connectivity index (χ4n) is 2.69. The highest BCUT2D eigenvalue weighted by molar-refractivity contribution is 5.94. The van der Waals surface area contributed by atoms with Crippen LogP contribution in [-0.4, -0.2) is 40.5 Å². The van der Waals surface area contributed by atoms with Gasteiger partial charge in [0.15, 0.2) is 0 Å². The standard InChI is InChI=1S/C16H24N4O3/c1-10(2)9-12-14(21)17-6-8-20(12)16(23)18-13-11(3)5-7-19(4)15(13)22/h5,7,10,12H,6,8-9H2,1-4H3,(H,17,21)(H,18,23). The molecule has 0 aromatic carbocycles. The molecule has 0 spiro atoms. The van der Waals surface area contributed by atoms with Crippen molar-refractivity contribution in [3.63, 3.8) is 0 Å². The molecule has 1 aromatic rings. The molecular formula is C16H24N4O3. The van der Waals surface area contributed by atoms with Crippen molar-refractivity contribution in [3.05, 3.63) is 28.2 Å². The van der Waals surface area contributed by atoms with Crippen molar-refractivity contribution >= 4 is 17.6 Å². The first-order chi connectivity index (χ1) is 10.8. The Labute approximate surface area is 135 Å². The summed E-state index contributed by atoms with van der Waals surface area (Å²) < 4.78 is 1.41. The molecule has 0 bridgehead atoms. The van der Waals surface area contributed by atoms with Gasteiger partial charge in [-0.1, -0.05) is 13.8 Å². The Morgan fingerprint density at radius 1 is 1.43 bits per heavy atom. The number of nitrogens with zero attached hydrogens (tertiary/aromatic N) is 2. The highest BCUT2D eigenvalue weighted by Gasteiger charge is 2.33. The zero-order chi connectivity index (χ0) is 17.1. The summed E-state index contributed by atoms with van der Waals surface area (Å²) in [6, 6.07) is 0.861. The molecule has 1 atom stereocenters. The number of carbonyl (C=O) groups is 2. The lowest BCUT2D eigenvalue weighted by Gasteiger charge is -2.35. The molecule has 1 aromatic heterocycles. The van der Waals surface area contributed by atoms with Gasteiger partial charge in [-0.25, -0.2) is 4.79 Å². The Morgan fingerprint density at radius 2 is 2.13 bits per heavy atom. The lowest BCUT2D eigenvalue weighted by Crippen LogP contribution is -2.58. The molecule has 1 aliphatic heterocycles. The molecule has 0 saturated carbocycles. The number of piperazine rings is 1. The Bertz CT molecular complexity index is 666. The van der Waals surface area contributed by atoms with Crippen LogP contribution >= 0.6 is 0 Å². The van der Waals surface area contributed by atoms with E-state index in [0.29, 0.717) is 25.1 Å². The number of amides is 3. The van der Waals surface area contributed by atoms with E-state index in [0.717, 1.165) is 0 Å². The van der Waals surface area contributed by atoms with Gasteiger partial charge in [-0.15, -0.1) is 0 Å². The van der Waals surface area contributed by atoms with Crippen molar-refractivity contribution < 1.29 is 9.59 Å². The average molecular weight is 320 g/mol. The third kappa shape index (κ3) is 3.72. The van der Waals surface area contributed by atoms with Crippen molar-refractivity contribution in [3.8, 4) is 0 Å². The van der Waals surface area contributed by atoms with E-state index in [2.05, 4.69) is 10.6 Å². The summed E-state index contributed by atoms with van der Waals surface area (Å²) in [7, 11) is 1.63. The molecule has 126 valence electrons. The van der Waals surface area contributed by atoms with Crippen LogP contribution in [0.25, 0.3) is 0 Å². The maximum atomic E-state index is 12.6. The first-order valence-electron chi connectivity index (χ1n) is 7.82. The largest absolute Gasteiger partial charge is 0.353 e. The van der Waals surface area contributed by atoms with E-state index >= 15 is 0 Å². The summed E-state index contributed by atoms with van der Waals surface area (Å²) in [4.78, 5) is 38.4. The Balaban J connectivity index is 2.23. The van der Waals surface area contributed by atoms with Crippen LogP contribution in [0.2, 0.25) is 0 Å². The van der Waals surface area contributed by atoms with Gasteiger partial charge in [0, 0.05) is 26.3 Å². The number of anilines is 1. The van der Waals surface area contributed by atoms with Gasteiger partial charge >= 0.3 is 6.03 Å². The fourth-order valence-corrected chi connectivity index (χ4v) is 2.69. The summed E-state index contributed by atoms with van der Waals surface area (Å²) in [6.45, 7) is 6.64. The van der Waals surface area contributed by atoms with Crippen LogP contribution in [0, 0.1) is 12.8 Å². The molecule has 1 unspecified atom stereocenters. The van der Waals surface area contributed by atoms with Gasteiger partial charge in [-0.3, -0.25) is 9.59 Å². The second-order valence-electron chi connectivity index (χ2n) is 6.35. The number of hydrogen-bond acceptors (Lipinski definition) is 3. The summed E-state index contributed by atoms with van der Waals surface area (Å²) in [5, 5.41) is 5.48. The number of urea groups is 1. The minimum Gasteiger partial charge on any atom is -0.353 e. The normalized spacial score (nSPS) is 18.0. The Hall–Kier alpha value is -2.31. The molecule has 23 heavy (non-hydrogen) atoms. The molecule has 2 N–H and O–H groups in total. The lowest BCUT2D eigenvalue weighted by atomic mass is 10.0. The van der Waals surface area contributed by atoms with Crippen molar-refractivity contribution in [1.29, 1.82) is 0 Å². The van der Waals surface area contributed by atoms with E-state index in [4.69, 9.17) is 0 Å². The highest BCUT2D eigenvalue weighted by atomic mass is 16.2. The van der Waals surface area contributed by atoms with E-state index in [9.17, 15) is 14.4 Å². The van der Waals surface area contributed by atoms with E-state index in [1.54, 1.807) is 26.2 Å². The van der Waals surface area contributed by atoms with Crippen LogP contribution in [0.4, 0.5) is 10.5 Å². The zero-order valence-electron chi connectivity index (χ0n) is 14.0. The summed E-state index contributed by atoms with van der Waals surface area (Å²) in [5.74, 6) is 0.142. The molecule has 1 saturated heterocycles. The molecule has 7 heteroatoms. The molecule has 2 rings (SSSR count). The van der Waals surface area contributed by atoms with Crippen LogP contribution in [0.5, 0.6) is 0 Å². The number of nitrogens with one attached hydrogen (secondary N) is 2. The minimum atomic E-state index is -0.503. The van der Waals surface area contributed by atoms with Crippen LogP contribution in [-0.2, 0) is 11.8 Å². The molecular weight excluding hydrogens is 296 g/mol. The van der Waals surface area contributed by atoms with Gasteiger partial charge < -0.3 is 20.1 Å². The molecule has 3 amide bonds. The van der Waals surface area contributed by atoms with Gasteiger partial charge in [0.05, 0.1) is 0 Å². The molecule has 7 nitrogen and oxygen atoms in total. The Kier molecular flexibility index (Phi) is 5.08. The summed E-state index contributed by atoms with van der Waals surface area (Å²) >= 11 is 0. The van der Waals surface area contributed by atoms with Crippen molar-refractivity contribution in [1.82, 2.24) is 14.8 Å². The topological polar surface area (TPSA) is 83.4 Å². The number of rotatable bonds is 3. The Morgan fingerprint density at radius 3 is 2.78 bits per heavy atom. The van der Waals surface area contributed by atoms with Crippen molar-refractivity contribution in [2.45, 2.75) is 33.2 Å². The second-order valence-corrected chi connectivity index (χ2v) is 6.35. The third-order valence-corrected chi connectivity index (χ3v) is 3.99. The van der Waals surface area contributed by atoms with Gasteiger partial charge in [0.25, 0.3) is 5.56 Å². The maximum absolute atomic E-state index is 12.6. The lowest BCUT2D eigenvalue weighted by molar-refractivity contribution is -0.128. The number of aromatic nitrogens is 1. The molecule has 1 fully saturated rings. The van der Waals surface area contributed by atoms with Crippen LogP contribution in [0.3, 0.4) is 0 Å². The van der Waals surface area contributed by atoms with E-state index < -0.39 is 12.1 Å². The predicted octanol–water partition coefficient (Wildman–Crippen LogP) is 1.07. The first-order valence-corrected chi connectivity index (χ1v) is 7.82. The molecule has 2 heterocycles. The van der Waals surface area contributed by atoms with Crippen LogP contribution < -0.4 is 16.2 Å². The predicted molar refractivity (Wildman–Crippen MR) is 88.4 cm³/mol. The maximum Gasteiger partial charge on any atom is 0.322 e. The van der Waals surface area contributed by atoms with E-state index in [1.165, 1.54) is 9.47 Å².